The van der Waals surface area contributed by atoms with E-state index in [4.69, 9.17) is 5.11 Å². The number of aromatic nitrogens is 1. The summed E-state index contributed by atoms with van der Waals surface area (Å²) in [4.78, 5) is 15.8. The molecule has 5 rings (SSSR count). The first-order valence-electron chi connectivity index (χ1n) is 11.7. The fourth-order valence-electron chi connectivity index (χ4n) is 4.69. The maximum absolute atomic E-state index is 12.8. The topological polar surface area (TPSA) is 84.3 Å². The summed E-state index contributed by atoms with van der Waals surface area (Å²) in [5.74, 6) is -0.763. The van der Waals surface area contributed by atoms with Crippen molar-refractivity contribution in [1.82, 2.24) is 4.98 Å². The molecular formula is C29H25NO4S2. The fourth-order valence-corrected chi connectivity index (χ4v) is 6.25. The minimum absolute atomic E-state index is 0.237. The molecule has 3 aromatic carbocycles. The molecule has 7 heteroatoms. The van der Waals surface area contributed by atoms with Crippen LogP contribution in [0, 0.1) is 5.92 Å². The van der Waals surface area contributed by atoms with Crippen molar-refractivity contribution in [3.63, 3.8) is 0 Å². The van der Waals surface area contributed by atoms with Crippen molar-refractivity contribution >= 4 is 54.6 Å². The lowest BCUT2D eigenvalue weighted by Crippen LogP contribution is -2.17. The van der Waals surface area contributed by atoms with Crippen LogP contribution in [0.5, 0.6) is 0 Å². The molecule has 0 bridgehead atoms. The van der Waals surface area contributed by atoms with Crippen molar-refractivity contribution in [3.05, 3.63) is 101 Å². The molecule has 0 amide bonds. The zero-order valence-electron chi connectivity index (χ0n) is 19.7. The number of carbonyl (C=O) groups is 1. The van der Waals surface area contributed by atoms with Crippen molar-refractivity contribution in [2.45, 2.75) is 24.2 Å². The first kappa shape index (κ1) is 24.2. The van der Waals surface area contributed by atoms with Crippen molar-refractivity contribution in [2.24, 2.45) is 5.92 Å². The third-order valence-corrected chi connectivity index (χ3v) is 8.56. The number of benzene rings is 3. The van der Waals surface area contributed by atoms with Gasteiger partial charge in [0.15, 0.2) is 9.84 Å². The molecule has 0 atom stereocenters. The van der Waals surface area contributed by atoms with E-state index < -0.39 is 15.8 Å². The molecule has 0 aliphatic heterocycles. The zero-order valence-corrected chi connectivity index (χ0v) is 21.4. The largest absolute Gasteiger partial charge is 0.478 e. The minimum Gasteiger partial charge on any atom is -0.478 e. The second-order valence-corrected chi connectivity index (χ2v) is 11.9. The number of nitrogens with zero attached hydrogens (tertiary/aromatic N) is 1. The molecule has 0 unspecified atom stereocenters. The van der Waals surface area contributed by atoms with E-state index >= 15 is 0 Å². The van der Waals surface area contributed by atoms with E-state index in [1.54, 1.807) is 29.5 Å². The first-order valence-corrected chi connectivity index (χ1v) is 14.5. The number of sulfone groups is 1. The highest BCUT2D eigenvalue weighted by atomic mass is 32.2. The maximum Gasteiger partial charge on any atom is 0.328 e. The molecule has 1 aliphatic rings. The summed E-state index contributed by atoms with van der Waals surface area (Å²) in [6.45, 7) is 0. The van der Waals surface area contributed by atoms with Crippen LogP contribution < -0.4 is 0 Å². The number of carboxylic acid groups (broad SMARTS) is 1. The average molecular weight is 516 g/mol. The molecule has 1 aromatic heterocycles. The van der Waals surface area contributed by atoms with Crippen molar-refractivity contribution in [2.75, 3.05) is 6.26 Å². The second-order valence-electron chi connectivity index (χ2n) is 9.01. The van der Waals surface area contributed by atoms with E-state index in [-0.39, 0.29) is 5.92 Å². The van der Waals surface area contributed by atoms with Crippen LogP contribution >= 0.6 is 11.3 Å². The Morgan fingerprint density at radius 2 is 1.75 bits per heavy atom. The normalized spacial score (nSPS) is 15.1. The van der Waals surface area contributed by atoms with Crippen molar-refractivity contribution in [1.29, 1.82) is 0 Å². The lowest BCUT2D eigenvalue weighted by atomic mass is 9.73. The van der Waals surface area contributed by atoms with Crippen LogP contribution in [-0.2, 0) is 14.6 Å². The SMILES string of the molecule is CS(=O)(=O)c1ccccc1C(=C(c1ccc(C=CC(=O)O)cc1)c1ccc2scnc2c1)C1CCC1. The molecule has 1 fully saturated rings. The summed E-state index contributed by atoms with van der Waals surface area (Å²) in [5, 5.41) is 8.97. The van der Waals surface area contributed by atoms with Crippen LogP contribution in [0.2, 0.25) is 0 Å². The Labute approximate surface area is 214 Å². The van der Waals surface area contributed by atoms with Gasteiger partial charge in [-0.1, -0.05) is 55.0 Å². The highest BCUT2D eigenvalue weighted by Crippen LogP contribution is 2.46. The van der Waals surface area contributed by atoms with E-state index in [1.165, 1.54) is 6.26 Å². The first-order chi connectivity index (χ1) is 17.3. The van der Waals surface area contributed by atoms with Gasteiger partial charge in [0.2, 0.25) is 0 Å². The molecule has 1 heterocycles. The van der Waals surface area contributed by atoms with Crippen LogP contribution in [0.1, 0.15) is 41.5 Å². The van der Waals surface area contributed by atoms with Crippen molar-refractivity contribution in [3.8, 4) is 0 Å². The minimum atomic E-state index is -3.45. The lowest BCUT2D eigenvalue weighted by molar-refractivity contribution is -0.131. The van der Waals surface area contributed by atoms with E-state index in [0.717, 1.165) is 69.0 Å². The summed E-state index contributed by atoms with van der Waals surface area (Å²) in [6.07, 6.45) is 7.03. The lowest BCUT2D eigenvalue weighted by Gasteiger charge is -2.32. The number of rotatable bonds is 7. The predicted octanol–water partition coefficient (Wildman–Crippen LogP) is 6.56. The van der Waals surface area contributed by atoms with Gasteiger partial charge in [-0.15, -0.1) is 11.3 Å². The summed E-state index contributed by atoms with van der Waals surface area (Å²) < 4.78 is 26.7. The van der Waals surface area contributed by atoms with Gasteiger partial charge >= 0.3 is 5.97 Å². The highest BCUT2D eigenvalue weighted by molar-refractivity contribution is 7.90. The van der Waals surface area contributed by atoms with Crippen LogP contribution in [0.15, 0.2) is 83.2 Å². The van der Waals surface area contributed by atoms with Gasteiger partial charge in [0, 0.05) is 12.3 Å². The Kier molecular flexibility index (Phi) is 6.60. The third kappa shape index (κ3) is 4.90. The van der Waals surface area contributed by atoms with E-state index in [2.05, 4.69) is 23.2 Å². The molecule has 0 saturated heterocycles. The Bertz CT molecular complexity index is 1610. The highest BCUT2D eigenvalue weighted by Gasteiger charge is 2.30. The molecule has 182 valence electrons. The zero-order chi connectivity index (χ0) is 25.3. The smallest absolute Gasteiger partial charge is 0.328 e. The molecular weight excluding hydrogens is 490 g/mol. The number of fused-ring (bicyclic) bond motifs is 1. The quantitative estimate of drug-likeness (QED) is 0.223. The van der Waals surface area contributed by atoms with Crippen LogP contribution in [0.4, 0.5) is 0 Å². The van der Waals surface area contributed by atoms with Gasteiger partial charge in [-0.2, -0.15) is 0 Å². The van der Waals surface area contributed by atoms with E-state index in [9.17, 15) is 13.2 Å². The Morgan fingerprint density at radius 3 is 2.42 bits per heavy atom. The molecule has 0 spiro atoms. The Morgan fingerprint density at radius 1 is 1.03 bits per heavy atom. The van der Waals surface area contributed by atoms with Crippen LogP contribution in [0.25, 0.3) is 27.4 Å². The molecule has 4 aromatic rings. The number of aliphatic carboxylic acids is 1. The average Bonchev–Trinajstić information content (AvgIpc) is 3.29. The summed E-state index contributed by atoms with van der Waals surface area (Å²) in [7, 11) is -3.45. The second kappa shape index (κ2) is 9.84. The van der Waals surface area contributed by atoms with Gasteiger partial charge in [-0.25, -0.2) is 18.2 Å². The monoisotopic (exact) mass is 515 g/mol. The Hall–Kier alpha value is -3.55. The van der Waals surface area contributed by atoms with Gasteiger partial charge in [-0.3, -0.25) is 0 Å². The van der Waals surface area contributed by atoms with Crippen LogP contribution in [0.3, 0.4) is 0 Å². The maximum atomic E-state index is 12.8. The molecule has 1 saturated carbocycles. The molecule has 5 nitrogen and oxygen atoms in total. The molecule has 1 N–H and O–H groups in total. The predicted molar refractivity (Wildman–Crippen MR) is 146 cm³/mol. The number of hydrogen-bond donors (Lipinski definition) is 1. The molecule has 36 heavy (non-hydrogen) atoms. The number of thiazole rings is 1. The number of carboxylic acids is 1. The van der Waals surface area contributed by atoms with Gasteiger partial charge in [0.25, 0.3) is 0 Å². The van der Waals surface area contributed by atoms with Gasteiger partial charge < -0.3 is 5.11 Å². The summed E-state index contributed by atoms with van der Waals surface area (Å²) in [5.41, 5.74) is 8.19. The van der Waals surface area contributed by atoms with E-state index in [0.29, 0.717) is 4.90 Å². The van der Waals surface area contributed by atoms with Gasteiger partial charge in [0.05, 0.1) is 20.6 Å². The summed E-state index contributed by atoms with van der Waals surface area (Å²) >= 11 is 1.58. The number of allylic oxidation sites excluding steroid dienone is 1. The summed E-state index contributed by atoms with van der Waals surface area (Å²) in [6, 6.07) is 21.2. The standard InChI is InChI=1S/C29H25NO4S2/c1-36(33,34)26-8-3-2-7-23(26)29(20-5-4-6-20)28(22-14-15-25-24(17-22)30-18-35-25)21-12-9-19(10-13-21)11-16-27(31)32/h2-3,7-18,20H,4-6H2,1H3,(H,31,32). The van der Waals surface area contributed by atoms with Crippen LogP contribution in [-0.4, -0.2) is 30.7 Å². The Balaban J connectivity index is 1.80. The van der Waals surface area contributed by atoms with Gasteiger partial charge in [0.1, 0.15) is 0 Å². The van der Waals surface area contributed by atoms with Crippen molar-refractivity contribution < 1.29 is 18.3 Å². The third-order valence-electron chi connectivity index (χ3n) is 6.60. The fraction of sp³-hybridized carbons (Fsp3) is 0.172. The number of hydrogen-bond acceptors (Lipinski definition) is 5. The molecule has 1 aliphatic carbocycles. The molecule has 0 radical (unpaired) electrons. The van der Waals surface area contributed by atoms with E-state index in [1.807, 2.05) is 41.9 Å². The van der Waals surface area contributed by atoms with Gasteiger partial charge in [-0.05, 0) is 76.4 Å².